The highest BCUT2D eigenvalue weighted by atomic mass is 16.5. The molecule has 20 heavy (non-hydrogen) atoms. The van der Waals surface area contributed by atoms with Gasteiger partial charge in [-0.05, 0) is 49.0 Å². The summed E-state index contributed by atoms with van der Waals surface area (Å²) < 4.78 is 5.52. The van der Waals surface area contributed by atoms with Crippen LogP contribution in [0.25, 0.3) is 10.8 Å². The SMILES string of the molecule is Cc1cc(C(O)COCCN(C)C)cc2ccccc12. The summed E-state index contributed by atoms with van der Waals surface area (Å²) >= 11 is 0. The second-order valence-electron chi connectivity index (χ2n) is 5.45. The van der Waals surface area contributed by atoms with Gasteiger partial charge in [-0.2, -0.15) is 0 Å². The van der Waals surface area contributed by atoms with E-state index in [2.05, 4.69) is 24.0 Å². The van der Waals surface area contributed by atoms with E-state index in [1.807, 2.05) is 38.4 Å². The lowest BCUT2D eigenvalue weighted by molar-refractivity contribution is 0.0307. The molecule has 2 aromatic carbocycles. The predicted octanol–water partition coefficient (Wildman–Crippen LogP) is 2.76. The molecule has 1 atom stereocenters. The number of likely N-dealkylation sites (N-methyl/N-ethyl adjacent to an activating group) is 1. The molecule has 0 aliphatic heterocycles. The van der Waals surface area contributed by atoms with Crippen LogP contribution in [0.1, 0.15) is 17.2 Å². The minimum absolute atomic E-state index is 0.339. The molecule has 0 amide bonds. The van der Waals surface area contributed by atoms with Gasteiger partial charge in [-0.15, -0.1) is 0 Å². The molecule has 0 fully saturated rings. The number of fused-ring (bicyclic) bond motifs is 1. The van der Waals surface area contributed by atoms with Gasteiger partial charge in [-0.3, -0.25) is 0 Å². The Labute approximate surface area is 120 Å². The normalized spacial score (nSPS) is 13.1. The number of benzene rings is 2. The number of hydrogen-bond acceptors (Lipinski definition) is 3. The van der Waals surface area contributed by atoms with Crippen molar-refractivity contribution in [3.63, 3.8) is 0 Å². The van der Waals surface area contributed by atoms with Gasteiger partial charge in [0.25, 0.3) is 0 Å². The van der Waals surface area contributed by atoms with Crippen molar-refractivity contribution >= 4 is 10.8 Å². The Kier molecular flexibility index (Phi) is 5.12. The Morgan fingerprint density at radius 2 is 1.95 bits per heavy atom. The lowest BCUT2D eigenvalue weighted by Gasteiger charge is -2.15. The second-order valence-corrected chi connectivity index (χ2v) is 5.45. The van der Waals surface area contributed by atoms with E-state index in [1.54, 1.807) is 0 Å². The van der Waals surface area contributed by atoms with Crippen LogP contribution in [-0.4, -0.2) is 43.9 Å². The van der Waals surface area contributed by atoms with Crippen molar-refractivity contribution in [3.8, 4) is 0 Å². The highest BCUT2D eigenvalue weighted by Gasteiger charge is 2.10. The monoisotopic (exact) mass is 273 g/mol. The van der Waals surface area contributed by atoms with Crippen LogP contribution in [0.4, 0.5) is 0 Å². The topological polar surface area (TPSA) is 32.7 Å². The molecule has 0 heterocycles. The summed E-state index contributed by atoms with van der Waals surface area (Å²) in [5.41, 5.74) is 2.11. The fourth-order valence-corrected chi connectivity index (χ4v) is 2.26. The van der Waals surface area contributed by atoms with E-state index in [1.165, 1.54) is 10.9 Å². The number of hydrogen-bond donors (Lipinski definition) is 1. The lowest BCUT2D eigenvalue weighted by atomic mass is 9.99. The third-order valence-corrected chi connectivity index (χ3v) is 3.43. The standard InChI is InChI=1S/C17H23NO2/c1-13-10-15(11-14-6-4-5-7-16(13)14)17(19)12-20-9-8-18(2)3/h4-7,10-11,17,19H,8-9,12H2,1-3H3. The fourth-order valence-electron chi connectivity index (χ4n) is 2.26. The van der Waals surface area contributed by atoms with Crippen LogP contribution >= 0.6 is 0 Å². The van der Waals surface area contributed by atoms with Gasteiger partial charge in [-0.25, -0.2) is 0 Å². The van der Waals surface area contributed by atoms with Crippen LogP contribution in [-0.2, 0) is 4.74 Å². The van der Waals surface area contributed by atoms with Gasteiger partial charge in [0, 0.05) is 6.54 Å². The summed E-state index contributed by atoms with van der Waals surface area (Å²) in [6.45, 7) is 3.91. The number of aliphatic hydroxyl groups excluding tert-OH is 1. The Morgan fingerprint density at radius 1 is 1.20 bits per heavy atom. The minimum Gasteiger partial charge on any atom is -0.386 e. The number of nitrogens with zero attached hydrogens (tertiary/aromatic N) is 1. The van der Waals surface area contributed by atoms with E-state index in [0.717, 1.165) is 17.5 Å². The first-order valence-electron chi connectivity index (χ1n) is 6.98. The van der Waals surface area contributed by atoms with Crippen molar-refractivity contribution in [2.24, 2.45) is 0 Å². The van der Waals surface area contributed by atoms with Crippen LogP contribution in [0, 0.1) is 6.92 Å². The smallest absolute Gasteiger partial charge is 0.102 e. The van der Waals surface area contributed by atoms with E-state index >= 15 is 0 Å². The maximum absolute atomic E-state index is 10.2. The number of ether oxygens (including phenoxy) is 1. The van der Waals surface area contributed by atoms with E-state index in [4.69, 9.17) is 4.74 Å². The number of rotatable bonds is 6. The van der Waals surface area contributed by atoms with E-state index in [0.29, 0.717) is 13.2 Å². The second kappa shape index (κ2) is 6.84. The maximum atomic E-state index is 10.2. The molecule has 0 saturated heterocycles. The zero-order valence-electron chi connectivity index (χ0n) is 12.5. The average molecular weight is 273 g/mol. The fraction of sp³-hybridized carbons (Fsp3) is 0.412. The van der Waals surface area contributed by atoms with Crippen molar-refractivity contribution in [1.29, 1.82) is 0 Å². The largest absolute Gasteiger partial charge is 0.386 e. The molecule has 0 saturated carbocycles. The van der Waals surface area contributed by atoms with E-state index < -0.39 is 6.10 Å². The maximum Gasteiger partial charge on any atom is 0.102 e. The summed E-state index contributed by atoms with van der Waals surface area (Å²) in [7, 11) is 4.01. The van der Waals surface area contributed by atoms with Crippen molar-refractivity contribution in [3.05, 3.63) is 47.5 Å². The van der Waals surface area contributed by atoms with Crippen molar-refractivity contribution < 1.29 is 9.84 Å². The van der Waals surface area contributed by atoms with Crippen LogP contribution < -0.4 is 0 Å². The van der Waals surface area contributed by atoms with E-state index in [9.17, 15) is 5.11 Å². The number of aryl methyl sites for hydroxylation is 1. The molecule has 108 valence electrons. The summed E-state index contributed by atoms with van der Waals surface area (Å²) in [6, 6.07) is 12.3. The number of aliphatic hydroxyl groups is 1. The zero-order chi connectivity index (χ0) is 14.5. The Balaban J connectivity index is 2.04. The lowest BCUT2D eigenvalue weighted by Crippen LogP contribution is -2.19. The van der Waals surface area contributed by atoms with Crippen LogP contribution in [0.5, 0.6) is 0 Å². The molecular weight excluding hydrogens is 250 g/mol. The first-order valence-corrected chi connectivity index (χ1v) is 6.98. The third kappa shape index (κ3) is 3.79. The highest BCUT2D eigenvalue weighted by molar-refractivity contribution is 5.86. The third-order valence-electron chi connectivity index (χ3n) is 3.43. The summed E-state index contributed by atoms with van der Waals surface area (Å²) in [5, 5.41) is 12.6. The molecule has 1 unspecified atom stereocenters. The molecule has 3 heteroatoms. The van der Waals surface area contributed by atoms with Gasteiger partial charge >= 0.3 is 0 Å². The van der Waals surface area contributed by atoms with Gasteiger partial charge in [0.15, 0.2) is 0 Å². The summed E-state index contributed by atoms with van der Waals surface area (Å²) in [4.78, 5) is 2.06. The Morgan fingerprint density at radius 3 is 2.70 bits per heavy atom. The predicted molar refractivity (Wildman–Crippen MR) is 83.0 cm³/mol. The van der Waals surface area contributed by atoms with Crippen LogP contribution in [0.15, 0.2) is 36.4 Å². The quantitative estimate of drug-likeness (QED) is 0.822. The van der Waals surface area contributed by atoms with Crippen LogP contribution in [0.3, 0.4) is 0 Å². The molecule has 0 aliphatic rings. The highest BCUT2D eigenvalue weighted by Crippen LogP contribution is 2.24. The molecule has 0 bridgehead atoms. The first-order chi connectivity index (χ1) is 9.58. The molecule has 2 aromatic rings. The Hall–Kier alpha value is -1.42. The van der Waals surface area contributed by atoms with Gasteiger partial charge < -0.3 is 14.7 Å². The molecule has 0 aromatic heterocycles. The molecule has 0 radical (unpaired) electrons. The van der Waals surface area contributed by atoms with E-state index in [-0.39, 0.29) is 0 Å². The molecular formula is C17H23NO2. The molecule has 0 spiro atoms. The van der Waals surface area contributed by atoms with Crippen molar-refractivity contribution in [1.82, 2.24) is 4.90 Å². The van der Waals surface area contributed by atoms with Gasteiger partial charge in [0.1, 0.15) is 6.10 Å². The van der Waals surface area contributed by atoms with Gasteiger partial charge in [0.05, 0.1) is 13.2 Å². The first kappa shape index (κ1) is 15.0. The van der Waals surface area contributed by atoms with Gasteiger partial charge in [0.2, 0.25) is 0 Å². The van der Waals surface area contributed by atoms with Crippen molar-refractivity contribution in [2.75, 3.05) is 33.9 Å². The average Bonchev–Trinajstić information content (AvgIpc) is 2.43. The zero-order valence-corrected chi connectivity index (χ0v) is 12.5. The van der Waals surface area contributed by atoms with Crippen molar-refractivity contribution in [2.45, 2.75) is 13.0 Å². The summed E-state index contributed by atoms with van der Waals surface area (Å²) in [5.74, 6) is 0. The summed E-state index contributed by atoms with van der Waals surface area (Å²) in [6.07, 6.45) is -0.569. The van der Waals surface area contributed by atoms with Crippen LogP contribution in [0.2, 0.25) is 0 Å². The molecule has 3 nitrogen and oxygen atoms in total. The minimum atomic E-state index is -0.569. The van der Waals surface area contributed by atoms with Gasteiger partial charge in [-0.1, -0.05) is 30.3 Å². The molecule has 2 rings (SSSR count). The Bertz CT molecular complexity index is 566. The molecule has 1 N–H and O–H groups in total. The molecule has 0 aliphatic carbocycles.